The van der Waals surface area contributed by atoms with Crippen LogP contribution in [0.15, 0.2) is 41.8 Å². The number of thiazole rings is 1. The van der Waals surface area contributed by atoms with Crippen LogP contribution in [0.5, 0.6) is 0 Å². The Labute approximate surface area is 223 Å². The first-order valence-electron chi connectivity index (χ1n) is 12.7. The van der Waals surface area contributed by atoms with Crippen molar-refractivity contribution in [2.45, 2.75) is 25.5 Å². The molecule has 0 spiro atoms. The molecule has 0 radical (unpaired) electrons. The molecule has 10 nitrogen and oxygen atoms in total. The van der Waals surface area contributed by atoms with E-state index in [1.807, 2.05) is 34.0 Å². The summed E-state index contributed by atoms with van der Waals surface area (Å²) >= 11 is 1.51. The highest BCUT2D eigenvalue weighted by Crippen LogP contribution is 2.34. The fourth-order valence-corrected chi connectivity index (χ4v) is 5.56. The lowest BCUT2D eigenvalue weighted by Gasteiger charge is -2.41. The van der Waals surface area contributed by atoms with Crippen LogP contribution in [0.3, 0.4) is 0 Å². The van der Waals surface area contributed by atoms with Gasteiger partial charge in [-0.15, -0.1) is 16.4 Å². The predicted octanol–water partition coefficient (Wildman–Crippen LogP) is 2.30. The molecule has 0 unspecified atom stereocenters. The van der Waals surface area contributed by atoms with Gasteiger partial charge in [-0.2, -0.15) is 4.52 Å². The van der Waals surface area contributed by atoms with Gasteiger partial charge >= 0.3 is 0 Å². The zero-order valence-electron chi connectivity index (χ0n) is 21.2. The monoisotopic (exact) mass is 536 g/mol. The summed E-state index contributed by atoms with van der Waals surface area (Å²) in [6.45, 7) is 4.71. The number of imidazole rings is 1. The number of fused-ring (bicyclic) bond motifs is 1. The van der Waals surface area contributed by atoms with Crippen molar-refractivity contribution in [3.8, 4) is 11.3 Å². The van der Waals surface area contributed by atoms with Gasteiger partial charge in [0.2, 0.25) is 5.91 Å². The summed E-state index contributed by atoms with van der Waals surface area (Å²) in [5, 5.41) is 20.4. The lowest BCUT2D eigenvalue weighted by Crippen LogP contribution is -2.61. The van der Waals surface area contributed by atoms with Gasteiger partial charge in [-0.05, 0) is 42.8 Å². The number of halogens is 1. The van der Waals surface area contributed by atoms with E-state index in [9.17, 15) is 14.3 Å². The SMILES string of the molecule is CCc1nc2ccc(N3CC(NCC(=O)N4CC(O)C4)C3)nn2c1N(C)c1nc(-c2ccc(F)cc2)cs1. The van der Waals surface area contributed by atoms with Gasteiger partial charge in [-0.3, -0.25) is 4.79 Å². The molecule has 38 heavy (non-hydrogen) atoms. The third-order valence-corrected chi connectivity index (χ3v) is 7.96. The van der Waals surface area contributed by atoms with E-state index in [2.05, 4.69) is 17.1 Å². The van der Waals surface area contributed by atoms with Gasteiger partial charge in [0, 0.05) is 50.2 Å². The van der Waals surface area contributed by atoms with Gasteiger partial charge in [0.15, 0.2) is 16.6 Å². The van der Waals surface area contributed by atoms with E-state index in [0.29, 0.717) is 13.1 Å². The number of aryl methyl sites for hydroxylation is 1. The molecule has 2 saturated heterocycles. The number of carbonyl (C=O) groups excluding carboxylic acids is 1. The fraction of sp³-hybridized carbons (Fsp3) is 0.385. The summed E-state index contributed by atoms with van der Waals surface area (Å²) in [5.41, 5.74) is 3.34. The van der Waals surface area contributed by atoms with Crippen molar-refractivity contribution in [2.75, 3.05) is 49.6 Å². The third-order valence-electron chi connectivity index (χ3n) is 7.04. The van der Waals surface area contributed by atoms with Crippen LogP contribution in [-0.2, 0) is 11.2 Å². The van der Waals surface area contributed by atoms with Gasteiger partial charge in [0.25, 0.3) is 0 Å². The average molecular weight is 537 g/mol. The zero-order chi connectivity index (χ0) is 26.4. The van der Waals surface area contributed by atoms with Crippen molar-refractivity contribution in [1.29, 1.82) is 0 Å². The summed E-state index contributed by atoms with van der Waals surface area (Å²) in [6.07, 6.45) is 0.360. The Morgan fingerprint density at radius 1 is 1.16 bits per heavy atom. The Kier molecular flexibility index (Phi) is 6.46. The first kappa shape index (κ1) is 24.7. The van der Waals surface area contributed by atoms with Crippen LogP contribution in [0.2, 0.25) is 0 Å². The number of nitrogens with zero attached hydrogens (tertiary/aromatic N) is 7. The second-order valence-electron chi connectivity index (χ2n) is 9.71. The van der Waals surface area contributed by atoms with E-state index in [1.165, 1.54) is 23.5 Å². The summed E-state index contributed by atoms with van der Waals surface area (Å²) in [4.78, 5) is 27.6. The number of aliphatic hydroxyl groups is 1. The number of carbonyl (C=O) groups is 1. The molecule has 2 fully saturated rings. The average Bonchev–Trinajstić information content (AvgIpc) is 3.51. The maximum Gasteiger partial charge on any atom is 0.236 e. The minimum Gasteiger partial charge on any atom is -0.389 e. The quantitative estimate of drug-likeness (QED) is 0.354. The molecule has 3 aromatic heterocycles. The molecule has 1 aromatic carbocycles. The number of likely N-dealkylation sites (tertiary alicyclic amines) is 1. The van der Waals surface area contributed by atoms with E-state index >= 15 is 0 Å². The Hall–Kier alpha value is -3.61. The van der Waals surface area contributed by atoms with E-state index in [4.69, 9.17) is 15.1 Å². The molecule has 5 heterocycles. The number of β-amino-alcohol motifs (C(OH)–C–C–N with tert-alkyl or cyclic N) is 1. The van der Waals surface area contributed by atoms with Crippen molar-refractivity contribution >= 4 is 39.7 Å². The molecule has 1 amide bonds. The minimum atomic E-state index is -0.382. The van der Waals surface area contributed by atoms with E-state index in [1.54, 1.807) is 17.0 Å². The number of anilines is 3. The van der Waals surface area contributed by atoms with Crippen molar-refractivity contribution in [3.05, 3.63) is 53.3 Å². The van der Waals surface area contributed by atoms with Crippen LogP contribution in [0.25, 0.3) is 16.9 Å². The van der Waals surface area contributed by atoms with Crippen molar-refractivity contribution in [1.82, 2.24) is 29.8 Å². The number of aromatic nitrogens is 4. The van der Waals surface area contributed by atoms with Gasteiger partial charge < -0.3 is 25.1 Å². The van der Waals surface area contributed by atoms with Crippen LogP contribution in [0.1, 0.15) is 12.6 Å². The Balaban J connectivity index is 1.17. The summed E-state index contributed by atoms with van der Waals surface area (Å²) in [6, 6.07) is 10.5. The summed E-state index contributed by atoms with van der Waals surface area (Å²) in [5.74, 6) is 1.46. The van der Waals surface area contributed by atoms with Gasteiger partial charge in [0.05, 0.1) is 24.0 Å². The van der Waals surface area contributed by atoms with Crippen LogP contribution >= 0.6 is 11.3 Å². The largest absolute Gasteiger partial charge is 0.389 e. The highest BCUT2D eigenvalue weighted by molar-refractivity contribution is 7.14. The Morgan fingerprint density at radius 2 is 1.92 bits per heavy atom. The first-order chi connectivity index (χ1) is 18.4. The second-order valence-corrected chi connectivity index (χ2v) is 10.6. The lowest BCUT2D eigenvalue weighted by molar-refractivity contribution is -0.140. The third kappa shape index (κ3) is 4.59. The number of aliphatic hydroxyl groups excluding tert-OH is 1. The molecule has 198 valence electrons. The number of hydrogen-bond donors (Lipinski definition) is 2. The van der Waals surface area contributed by atoms with Gasteiger partial charge in [0.1, 0.15) is 11.6 Å². The zero-order valence-corrected chi connectivity index (χ0v) is 22.0. The van der Waals surface area contributed by atoms with Crippen molar-refractivity contribution < 1.29 is 14.3 Å². The maximum atomic E-state index is 13.3. The molecule has 0 atom stereocenters. The Morgan fingerprint density at radius 3 is 2.63 bits per heavy atom. The molecule has 4 aromatic rings. The molecular weight excluding hydrogens is 507 g/mol. The molecule has 0 bridgehead atoms. The molecule has 2 N–H and O–H groups in total. The molecule has 12 heteroatoms. The molecule has 2 aliphatic rings. The molecule has 2 aliphatic heterocycles. The normalized spacial score (nSPS) is 16.1. The maximum absolute atomic E-state index is 13.3. The van der Waals surface area contributed by atoms with Crippen LogP contribution < -0.4 is 15.1 Å². The van der Waals surface area contributed by atoms with Gasteiger partial charge in [-0.1, -0.05) is 6.92 Å². The number of benzene rings is 1. The number of rotatable bonds is 8. The van der Waals surface area contributed by atoms with Crippen molar-refractivity contribution in [3.63, 3.8) is 0 Å². The number of hydrogen-bond acceptors (Lipinski definition) is 9. The highest BCUT2D eigenvalue weighted by atomic mass is 32.1. The molecule has 0 aliphatic carbocycles. The van der Waals surface area contributed by atoms with E-state index < -0.39 is 0 Å². The standard InChI is InChI=1S/C26H29FN8O2S/c1-3-20-25(32(2)26-30-21(15-38-26)16-4-6-17(27)7-5-16)35-22(29-20)8-9-23(31-35)33-11-18(12-33)28-10-24(37)34-13-19(36)14-34/h4-9,15,18-19,28,36H,3,10-14H2,1-2H3. The molecule has 0 saturated carbocycles. The molecular formula is C26H29FN8O2S. The van der Waals surface area contributed by atoms with Gasteiger partial charge in [-0.25, -0.2) is 14.4 Å². The minimum absolute atomic E-state index is 0.0243. The molecule has 6 rings (SSSR count). The van der Waals surface area contributed by atoms with E-state index in [0.717, 1.165) is 58.9 Å². The summed E-state index contributed by atoms with van der Waals surface area (Å²) in [7, 11) is 1.96. The van der Waals surface area contributed by atoms with Crippen molar-refractivity contribution in [2.24, 2.45) is 0 Å². The lowest BCUT2D eigenvalue weighted by atomic mass is 10.1. The smallest absolute Gasteiger partial charge is 0.236 e. The number of amides is 1. The highest BCUT2D eigenvalue weighted by Gasteiger charge is 2.32. The second kappa shape index (κ2) is 9.93. The first-order valence-corrected chi connectivity index (χ1v) is 13.6. The Bertz CT molecular complexity index is 1460. The van der Waals surface area contributed by atoms with Crippen LogP contribution in [0.4, 0.5) is 21.2 Å². The number of nitrogens with one attached hydrogen (secondary N) is 1. The van der Waals surface area contributed by atoms with E-state index in [-0.39, 0.29) is 30.4 Å². The van der Waals surface area contributed by atoms with Crippen LogP contribution in [-0.4, -0.2) is 87.4 Å². The predicted molar refractivity (Wildman–Crippen MR) is 145 cm³/mol. The summed E-state index contributed by atoms with van der Waals surface area (Å²) < 4.78 is 15.2. The fourth-order valence-electron chi connectivity index (χ4n) is 4.76. The van der Waals surface area contributed by atoms with Crippen LogP contribution in [0, 0.1) is 5.82 Å². The topological polar surface area (TPSA) is 102 Å².